The minimum Gasteiger partial charge on any atom is -0.457 e. The highest BCUT2D eigenvalue weighted by atomic mass is 79.9. The first kappa shape index (κ1) is 16.6. The van der Waals surface area contributed by atoms with Crippen LogP contribution < -0.4 is 4.74 Å². The van der Waals surface area contributed by atoms with E-state index in [9.17, 15) is 0 Å². The topological polar surface area (TPSA) is 9.23 Å². The van der Waals surface area contributed by atoms with Gasteiger partial charge < -0.3 is 4.74 Å². The standard InChI is InChI=1S/C18H20Br2O/c1-3-17(19)13-7-5-9-15(11-13)21-16-10-6-8-14(12-16)18(20)4-2/h5-12,17-18H,3-4H2,1-2H3. The van der Waals surface area contributed by atoms with Crippen LogP contribution in [0.4, 0.5) is 0 Å². The molecule has 1 nitrogen and oxygen atoms in total. The summed E-state index contributed by atoms with van der Waals surface area (Å²) in [6.07, 6.45) is 2.11. The molecule has 2 unspecified atom stereocenters. The van der Waals surface area contributed by atoms with Gasteiger partial charge in [-0.25, -0.2) is 0 Å². The molecule has 0 spiro atoms. The van der Waals surface area contributed by atoms with E-state index >= 15 is 0 Å². The highest BCUT2D eigenvalue weighted by Gasteiger charge is 2.08. The molecule has 112 valence electrons. The predicted molar refractivity (Wildman–Crippen MR) is 96.9 cm³/mol. The first-order valence-electron chi connectivity index (χ1n) is 7.30. The largest absolute Gasteiger partial charge is 0.457 e. The molecule has 2 rings (SSSR count). The summed E-state index contributed by atoms with van der Waals surface area (Å²) in [5, 5.41) is 0. The van der Waals surface area contributed by atoms with Crippen molar-refractivity contribution in [3.63, 3.8) is 0 Å². The monoisotopic (exact) mass is 410 g/mol. The number of rotatable bonds is 6. The van der Waals surface area contributed by atoms with Crippen molar-refractivity contribution in [3.8, 4) is 11.5 Å². The van der Waals surface area contributed by atoms with Crippen molar-refractivity contribution >= 4 is 31.9 Å². The Morgan fingerprint density at radius 3 is 1.62 bits per heavy atom. The molecule has 0 aliphatic heterocycles. The number of hydrogen-bond donors (Lipinski definition) is 0. The summed E-state index contributed by atoms with van der Waals surface area (Å²) in [5.41, 5.74) is 2.50. The first-order chi connectivity index (χ1) is 10.1. The fraction of sp³-hybridized carbons (Fsp3) is 0.333. The smallest absolute Gasteiger partial charge is 0.127 e. The maximum Gasteiger partial charge on any atom is 0.127 e. The van der Waals surface area contributed by atoms with Gasteiger partial charge >= 0.3 is 0 Å². The van der Waals surface area contributed by atoms with Crippen LogP contribution in [-0.2, 0) is 0 Å². The molecule has 0 bridgehead atoms. The maximum atomic E-state index is 6.01. The third kappa shape index (κ3) is 4.58. The van der Waals surface area contributed by atoms with Gasteiger partial charge in [-0.05, 0) is 48.2 Å². The van der Waals surface area contributed by atoms with Crippen molar-refractivity contribution in [3.05, 3.63) is 59.7 Å². The van der Waals surface area contributed by atoms with Gasteiger partial charge in [0.15, 0.2) is 0 Å². The third-order valence-corrected chi connectivity index (χ3v) is 5.74. The van der Waals surface area contributed by atoms with Gasteiger partial charge in [0, 0.05) is 9.65 Å². The Balaban J connectivity index is 2.18. The van der Waals surface area contributed by atoms with Gasteiger partial charge in [-0.1, -0.05) is 70.0 Å². The van der Waals surface area contributed by atoms with Crippen LogP contribution in [0.5, 0.6) is 11.5 Å². The zero-order valence-electron chi connectivity index (χ0n) is 12.4. The highest BCUT2D eigenvalue weighted by molar-refractivity contribution is 9.09. The van der Waals surface area contributed by atoms with Crippen molar-refractivity contribution in [1.29, 1.82) is 0 Å². The lowest BCUT2D eigenvalue weighted by Gasteiger charge is -2.12. The molecule has 0 aliphatic rings. The second-order valence-corrected chi connectivity index (χ2v) is 7.21. The molecule has 2 aromatic carbocycles. The highest BCUT2D eigenvalue weighted by Crippen LogP contribution is 2.32. The molecule has 0 heterocycles. The van der Waals surface area contributed by atoms with Crippen molar-refractivity contribution in [1.82, 2.24) is 0 Å². The maximum absolute atomic E-state index is 6.01. The van der Waals surface area contributed by atoms with Gasteiger partial charge in [-0.3, -0.25) is 0 Å². The lowest BCUT2D eigenvalue weighted by molar-refractivity contribution is 0.481. The summed E-state index contributed by atoms with van der Waals surface area (Å²) in [6.45, 7) is 4.33. The van der Waals surface area contributed by atoms with Gasteiger partial charge in [0.05, 0.1) is 0 Å². The molecule has 2 atom stereocenters. The summed E-state index contributed by atoms with van der Waals surface area (Å²) in [4.78, 5) is 0.749. The third-order valence-electron chi connectivity index (χ3n) is 3.39. The fourth-order valence-corrected chi connectivity index (χ4v) is 2.72. The van der Waals surface area contributed by atoms with Crippen LogP contribution in [0.2, 0.25) is 0 Å². The van der Waals surface area contributed by atoms with E-state index in [1.54, 1.807) is 0 Å². The van der Waals surface area contributed by atoms with Crippen LogP contribution in [0.3, 0.4) is 0 Å². The average molecular weight is 412 g/mol. The number of halogens is 2. The molecule has 0 radical (unpaired) electrons. The predicted octanol–water partition coefficient (Wildman–Crippen LogP) is 7.17. The summed E-state index contributed by atoms with van der Waals surface area (Å²) in [7, 11) is 0. The SMILES string of the molecule is CCC(Br)c1cccc(Oc2cccc(C(Br)CC)c2)c1. The number of ether oxygens (including phenoxy) is 1. The first-order valence-corrected chi connectivity index (χ1v) is 9.13. The minimum absolute atomic E-state index is 0.374. The summed E-state index contributed by atoms with van der Waals surface area (Å²) < 4.78 is 6.01. The molecule has 21 heavy (non-hydrogen) atoms. The van der Waals surface area contributed by atoms with E-state index in [0.29, 0.717) is 9.65 Å². The van der Waals surface area contributed by atoms with Crippen molar-refractivity contribution in [2.24, 2.45) is 0 Å². The summed E-state index contributed by atoms with van der Waals surface area (Å²) >= 11 is 7.37. The Hall–Kier alpha value is -0.800. The van der Waals surface area contributed by atoms with Crippen LogP contribution in [0.15, 0.2) is 48.5 Å². The Labute approximate surface area is 144 Å². The van der Waals surface area contributed by atoms with E-state index < -0.39 is 0 Å². The zero-order chi connectivity index (χ0) is 15.2. The molecule has 3 heteroatoms. The Bertz CT molecular complexity index is 531. The van der Waals surface area contributed by atoms with Crippen LogP contribution in [-0.4, -0.2) is 0 Å². The van der Waals surface area contributed by atoms with E-state index in [1.165, 1.54) is 11.1 Å². The second kappa shape index (κ2) is 8.00. The molecule has 0 N–H and O–H groups in total. The van der Waals surface area contributed by atoms with E-state index in [0.717, 1.165) is 24.3 Å². The number of alkyl halides is 2. The van der Waals surface area contributed by atoms with Crippen LogP contribution in [0.1, 0.15) is 47.5 Å². The van der Waals surface area contributed by atoms with Gasteiger partial charge in [-0.15, -0.1) is 0 Å². The molecule has 0 aliphatic carbocycles. The molecule has 0 saturated heterocycles. The Morgan fingerprint density at radius 2 is 1.24 bits per heavy atom. The molecular formula is C18H20Br2O. The van der Waals surface area contributed by atoms with Crippen LogP contribution in [0, 0.1) is 0 Å². The van der Waals surface area contributed by atoms with Gasteiger partial charge in [0.2, 0.25) is 0 Å². The molecule has 0 fully saturated rings. The quantitative estimate of drug-likeness (QED) is 0.457. The van der Waals surface area contributed by atoms with Crippen LogP contribution >= 0.6 is 31.9 Å². The van der Waals surface area contributed by atoms with Crippen molar-refractivity contribution < 1.29 is 4.74 Å². The van der Waals surface area contributed by atoms with E-state index in [-0.39, 0.29) is 0 Å². The molecule has 0 saturated carbocycles. The second-order valence-electron chi connectivity index (χ2n) is 5.00. The number of benzene rings is 2. The van der Waals surface area contributed by atoms with E-state index in [1.807, 2.05) is 24.3 Å². The lowest BCUT2D eigenvalue weighted by atomic mass is 10.1. The normalized spacial score (nSPS) is 13.7. The van der Waals surface area contributed by atoms with Gasteiger partial charge in [-0.2, -0.15) is 0 Å². The summed E-state index contributed by atoms with van der Waals surface area (Å²) in [5.74, 6) is 1.76. The molecular weight excluding hydrogens is 392 g/mol. The molecule has 0 amide bonds. The summed E-state index contributed by atoms with van der Waals surface area (Å²) in [6, 6.07) is 16.5. The van der Waals surface area contributed by atoms with Crippen molar-refractivity contribution in [2.45, 2.75) is 36.3 Å². The number of hydrogen-bond acceptors (Lipinski definition) is 1. The Kier molecular flexibility index (Phi) is 6.31. The van der Waals surface area contributed by atoms with E-state index in [2.05, 4.69) is 70.0 Å². The fourth-order valence-electron chi connectivity index (χ4n) is 2.15. The van der Waals surface area contributed by atoms with Crippen LogP contribution in [0.25, 0.3) is 0 Å². The average Bonchev–Trinajstić information content (AvgIpc) is 2.53. The molecule has 0 aromatic heterocycles. The van der Waals surface area contributed by atoms with E-state index in [4.69, 9.17) is 4.74 Å². The van der Waals surface area contributed by atoms with Gasteiger partial charge in [0.25, 0.3) is 0 Å². The Morgan fingerprint density at radius 1 is 0.810 bits per heavy atom. The molecule has 2 aromatic rings. The lowest BCUT2D eigenvalue weighted by Crippen LogP contribution is -1.92. The van der Waals surface area contributed by atoms with Gasteiger partial charge in [0.1, 0.15) is 11.5 Å². The van der Waals surface area contributed by atoms with Crippen molar-refractivity contribution in [2.75, 3.05) is 0 Å². The minimum atomic E-state index is 0.374. The zero-order valence-corrected chi connectivity index (χ0v) is 15.5.